The molecule has 0 aromatic heterocycles. The summed E-state index contributed by atoms with van der Waals surface area (Å²) in [5.41, 5.74) is 0.761. The molecule has 0 spiro atoms. The van der Waals surface area contributed by atoms with Crippen LogP contribution in [0, 0.1) is 11.8 Å². The molecule has 2 aromatic rings. The van der Waals surface area contributed by atoms with Crippen LogP contribution in [-0.4, -0.2) is 61.4 Å². The number of nitrogens with one attached hydrogen (secondary N) is 1. The van der Waals surface area contributed by atoms with Crippen molar-refractivity contribution in [1.82, 2.24) is 15.1 Å². The molecule has 2 aliphatic rings. The van der Waals surface area contributed by atoms with Crippen molar-refractivity contribution in [3.63, 3.8) is 0 Å². The van der Waals surface area contributed by atoms with Gasteiger partial charge in [-0.05, 0) is 55.6 Å². The van der Waals surface area contributed by atoms with E-state index in [4.69, 9.17) is 0 Å². The van der Waals surface area contributed by atoms with Crippen molar-refractivity contribution in [2.75, 3.05) is 39.8 Å². The number of amides is 2. The first kappa shape index (κ1) is 21.6. The van der Waals surface area contributed by atoms with Crippen LogP contribution in [0.5, 0.6) is 0 Å². The maximum atomic E-state index is 13.1. The van der Waals surface area contributed by atoms with Crippen LogP contribution < -0.4 is 5.32 Å². The highest BCUT2D eigenvalue weighted by Crippen LogP contribution is 2.26. The number of hydrogen-bond donors (Lipinski definition) is 1. The third kappa shape index (κ3) is 4.57. The van der Waals surface area contributed by atoms with E-state index in [0.29, 0.717) is 19.0 Å². The first-order chi connectivity index (χ1) is 13.7. The molecule has 29 heavy (non-hydrogen) atoms. The maximum Gasteiger partial charge on any atom is 0.254 e. The molecule has 2 fully saturated rings. The lowest BCUT2D eigenvalue weighted by Crippen LogP contribution is -2.44. The lowest BCUT2D eigenvalue weighted by molar-refractivity contribution is -0.135. The first-order valence-electron chi connectivity index (χ1n) is 10.4. The van der Waals surface area contributed by atoms with E-state index in [-0.39, 0.29) is 30.1 Å². The van der Waals surface area contributed by atoms with Gasteiger partial charge < -0.3 is 15.1 Å². The zero-order chi connectivity index (χ0) is 19.5. The monoisotopic (exact) mass is 415 g/mol. The molecule has 1 atom stereocenters. The van der Waals surface area contributed by atoms with Crippen LogP contribution in [0.15, 0.2) is 42.5 Å². The molecule has 156 valence electrons. The van der Waals surface area contributed by atoms with Crippen molar-refractivity contribution in [3.8, 4) is 0 Å². The van der Waals surface area contributed by atoms with Gasteiger partial charge in [0.25, 0.3) is 5.91 Å². The van der Waals surface area contributed by atoms with Crippen molar-refractivity contribution in [2.24, 2.45) is 11.8 Å². The second-order valence-corrected chi connectivity index (χ2v) is 8.09. The molecule has 1 unspecified atom stereocenters. The van der Waals surface area contributed by atoms with Gasteiger partial charge in [0.05, 0.1) is 0 Å². The number of nitrogens with zero attached hydrogens (tertiary/aromatic N) is 2. The van der Waals surface area contributed by atoms with Crippen molar-refractivity contribution >= 4 is 35.0 Å². The molecule has 0 bridgehead atoms. The molecule has 4 rings (SSSR count). The van der Waals surface area contributed by atoms with Crippen LogP contribution in [0.3, 0.4) is 0 Å². The summed E-state index contributed by atoms with van der Waals surface area (Å²) in [5.74, 6) is 1.00. The molecule has 0 saturated carbocycles. The molecule has 2 aliphatic heterocycles. The highest BCUT2D eigenvalue weighted by atomic mass is 35.5. The topological polar surface area (TPSA) is 52.7 Å². The van der Waals surface area contributed by atoms with Crippen molar-refractivity contribution in [3.05, 3.63) is 48.0 Å². The number of carbonyl (C=O) groups excluding carboxylic acids is 2. The number of likely N-dealkylation sites (tertiary alicyclic amines) is 2. The average molecular weight is 416 g/mol. The molecule has 5 nitrogen and oxygen atoms in total. The van der Waals surface area contributed by atoms with Gasteiger partial charge in [0.1, 0.15) is 0 Å². The number of halogens is 1. The molecule has 2 aromatic carbocycles. The molecular weight excluding hydrogens is 386 g/mol. The number of piperidine rings is 1. The minimum absolute atomic E-state index is 0. The quantitative estimate of drug-likeness (QED) is 0.834. The van der Waals surface area contributed by atoms with Crippen LogP contribution in [0.2, 0.25) is 0 Å². The Morgan fingerprint density at radius 3 is 2.41 bits per heavy atom. The average Bonchev–Trinajstić information content (AvgIpc) is 3.21. The van der Waals surface area contributed by atoms with E-state index in [0.717, 1.165) is 55.2 Å². The van der Waals surface area contributed by atoms with E-state index >= 15 is 0 Å². The highest BCUT2D eigenvalue weighted by molar-refractivity contribution is 6.07. The molecule has 0 radical (unpaired) electrons. The predicted molar refractivity (Wildman–Crippen MR) is 118 cm³/mol. The summed E-state index contributed by atoms with van der Waals surface area (Å²) >= 11 is 0. The lowest BCUT2D eigenvalue weighted by Gasteiger charge is -2.33. The summed E-state index contributed by atoms with van der Waals surface area (Å²) in [6.45, 7) is 4.04. The Kier molecular flexibility index (Phi) is 7.14. The van der Waals surface area contributed by atoms with E-state index in [1.807, 2.05) is 59.3 Å². The molecule has 0 aliphatic carbocycles. The van der Waals surface area contributed by atoms with E-state index in [9.17, 15) is 9.59 Å². The number of rotatable bonds is 4. The smallest absolute Gasteiger partial charge is 0.254 e. The Morgan fingerprint density at radius 1 is 0.966 bits per heavy atom. The van der Waals surface area contributed by atoms with E-state index < -0.39 is 0 Å². The van der Waals surface area contributed by atoms with Gasteiger partial charge >= 0.3 is 0 Å². The Morgan fingerprint density at radius 2 is 1.66 bits per heavy atom. The van der Waals surface area contributed by atoms with Crippen molar-refractivity contribution in [2.45, 2.75) is 19.3 Å². The van der Waals surface area contributed by atoms with Crippen LogP contribution in [0.4, 0.5) is 0 Å². The fraction of sp³-hybridized carbons (Fsp3) is 0.478. The molecule has 2 heterocycles. The Hall–Kier alpha value is -2.11. The summed E-state index contributed by atoms with van der Waals surface area (Å²) in [5, 5.41) is 5.30. The predicted octanol–water partition coefficient (Wildman–Crippen LogP) is 3.18. The summed E-state index contributed by atoms with van der Waals surface area (Å²) in [6, 6.07) is 13.9. The standard InChI is InChI=1S/C23H29N3O2.ClH/c1-24-15-17-9-12-26(16-17)22(27)19-10-13-25(14-11-19)23(28)21-8-4-6-18-5-2-3-7-20(18)21;/h2-8,17,19,24H,9-16H2,1H3;1H. The largest absolute Gasteiger partial charge is 0.342 e. The van der Waals surface area contributed by atoms with Crippen molar-refractivity contribution in [1.29, 1.82) is 0 Å². The molecular formula is C23H30ClN3O2. The second-order valence-electron chi connectivity index (χ2n) is 8.09. The Labute approximate surface area is 178 Å². The van der Waals surface area contributed by atoms with Gasteiger partial charge in [-0.1, -0.05) is 36.4 Å². The van der Waals surface area contributed by atoms with E-state index in [1.54, 1.807) is 0 Å². The Balaban J connectivity index is 0.00000240. The number of fused-ring (bicyclic) bond motifs is 1. The maximum absolute atomic E-state index is 13.1. The van der Waals surface area contributed by atoms with E-state index in [2.05, 4.69) is 5.32 Å². The van der Waals surface area contributed by atoms with Gasteiger partial charge in [-0.3, -0.25) is 9.59 Å². The SMILES string of the molecule is CNCC1CCN(C(=O)C2CCN(C(=O)c3cccc4ccccc34)CC2)C1.Cl. The lowest BCUT2D eigenvalue weighted by atomic mass is 9.94. The fourth-order valence-corrected chi connectivity index (χ4v) is 4.66. The third-order valence-corrected chi connectivity index (χ3v) is 6.24. The zero-order valence-corrected chi connectivity index (χ0v) is 17.8. The molecule has 1 N–H and O–H groups in total. The fourth-order valence-electron chi connectivity index (χ4n) is 4.66. The molecule has 2 amide bonds. The number of hydrogen-bond acceptors (Lipinski definition) is 3. The summed E-state index contributed by atoms with van der Waals surface area (Å²) in [6.07, 6.45) is 2.62. The van der Waals surface area contributed by atoms with Crippen LogP contribution in [0.25, 0.3) is 10.8 Å². The normalized spacial score (nSPS) is 20.0. The summed E-state index contributed by atoms with van der Waals surface area (Å²) in [7, 11) is 1.97. The Bertz CT molecular complexity index is 859. The third-order valence-electron chi connectivity index (χ3n) is 6.24. The van der Waals surface area contributed by atoms with Crippen LogP contribution in [-0.2, 0) is 4.79 Å². The molecule has 6 heteroatoms. The van der Waals surface area contributed by atoms with Crippen LogP contribution >= 0.6 is 12.4 Å². The summed E-state index contributed by atoms with van der Waals surface area (Å²) < 4.78 is 0. The van der Waals surface area contributed by atoms with E-state index in [1.165, 1.54) is 0 Å². The zero-order valence-electron chi connectivity index (χ0n) is 17.0. The van der Waals surface area contributed by atoms with Gasteiger partial charge in [0, 0.05) is 37.7 Å². The minimum atomic E-state index is 0. The van der Waals surface area contributed by atoms with Crippen LogP contribution in [0.1, 0.15) is 29.6 Å². The second kappa shape index (κ2) is 9.59. The summed E-state index contributed by atoms with van der Waals surface area (Å²) in [4.78, 5) is 29.9. The highest BCUT2D eigenvalue weighted by Gasteiger charge is 2.33. The van der Waals surface area contributed by atoms with Gasteiger partial charge in [-0.15, -0.1) is 12.4 Å². The number of benzene rings is 2. The molecule has 2 saturated heterocycles. The number of carbonyl (C=O) groups is 2. The van der Waals surface area contributed by atoms with Gasteiger partial charge in [-0.25, -0.2) is 0 Å². The first-order valence-corrected chi connectivity index (χ1v) is 10.4. The van der Waals surface area contributed by atoms with Gasteiger partial charge in [0.2, 0.25) is 5.91 Å². The van der Waals surface area contributed by atoms with Crippen molar-refractivity contribution < 1.29 is 9.59 Å². The minimum Gasteiger partial charge on any atom is -0.342 e. The van der Waals surface area contributed by atoms with Gasteiger partial charge in [-0.2, -0.15) is 0 Å². The van der Waals surface area contributed by atoms with Gasteiger partial charge in [0.15, 0.2) is 0 Å².